The lowest BCUT2D eigenvalue weighted by Crippen LogP contribution is -2.15. The van der Waals surface area contributed by atoms with E-state index in [-0.39, 0.29) is 11.4 Å². The van der Waals surface area contributed by atoms with Crippen LogP contribution in [0.3, 0.4) is 0 Å². The quantitative estimate of drug-likeness (QED) is 0.886. The SMILES string of the molecule is COc1ccc(Br)cc1NS(=O)(=O)c1ccc(F)cc1F. The Morgan fingerprint density at radius 1 is 1.14 bits per heavy atom. The minimum Gasteiger partial charge on any atom is -0.495 e. The van der Waals surface area contributed by atoms with Gasteiger partial charge in [0.1, 0.15) is 22.3 Å². The molecule has 0 saturated heterocycles. The van der Waals surface area contributed by atoms with Crippen LogP contribution in [-0.2, 0) is 10.0 Å². The summed E-state index contributed by atoms with van der Waals surface area (Å²) in [6, 6.07) is 6.91. The molecule has 0 fully saturated rings. The zero-order chi connectivity index (χ0) is 15.6. The van der Waals surface area contributed by atoms with Crippen molar-refractivity contribution in [2.24, 2.45) is 0 Å². The van der Waals surface area contributed by atoms with Gasteiger partial charge in [-0.05, 0) is 30.3 Å². The van der Waals surface area contributed by atoms with E-state index in [0.717, 1.165) is 12.1 Å². The Morgan fingerprint density at radius 3 is 2.48 bits per heavy atom. The van der Waals surface area contributed by atoms with Crippen LogP contribution in [-0.4, -0.2) is 15.5 Å². The van der Waals surface area contributed by atoms with Gasteiger partial charge < -0.3 is 4.74 Å². The monoisotopic (exact) mass is 377 g/mol. The van der Waals surface area contributed by atoms with Crippen LogP contribution < -0.4 is 9.46 Å². The smallest absolute Gasteiger partial charge is 0.264 e. The predicted octanol–water partition coefficient (Wildman–Crippen LogP) is 3.54. The Hall–Kier alpha value is -1.67. The van der Waals surface area contributed by atoms with Crippen molar-refractivity contribution in [1.82, 2.24) is 0 Å². The maximum Gasteiger partial charge on any atom is 0.264 e. The van der Waals surface area contributed by atoms with Crippen LogP contribution in [0.1, 0.15) is 0 Å². The second-order valence-corrected chi connectivity index (χ2v) is 6.59. The van der Waals surface area contributed by atoms with E-state index in [4.69, 9.17) is 4.74 Å². The molecule has 0 aliphatic carbocycles. The van der Waals surface area contributed by atoms with Crippen LogP contribution in [0.2, 0.25) is 0 Å². The first-order valence-electron chi connectivity index (χ1n) is 5.65. The van der Waals surface area contributed by atoms with E-state index < -0.39 is 26.6 Å². The van der Waals surface area contributed by atoms with Crippen molar-refractivity contribution in [2.45, 2.75) is 4.90 Å². The summed E-state index contributed by atoms with van der Waals surface area (Å²) in [5.41, 5.74) is 0.135. The van der Waals surface area contributed by atoms with Crippen LogP contribution in [0, 0.1) is 11.6 Å². The molecule has 112 valence electrons. The third-order valence-electron chi connectivity index (χ3n) is 2.59. The molecule has 0 spiro atoms. The number of hydrogen-bond donors (Lipinski definition) is 1. The lowest BCUT2D eigenvalue weighted by molar-refractivity contribution is 0.417. The minimum atomic E-state index is -4.20. The molecule has 0 bridgehead atoms. The molecule has 0 unspecified atom stereocenters. The summed E-state index contributed by atoms with van der Waals surface area (Å²) in [6.07, 6.45) is 0. The Bertz CT molecular complexity index is 781. The maximum absolute atomic E-state index is 13.6. The number of methoxy groups -OCH3 is 1. The van der Waals surface area contributed by atoms with Crippen molar-refractivity contribution in [2.75, 3.05) is 11.8 Å². The molecule has 21 heavy (non-hydrogen) atoms. The van der Waals surface area contributed by atoms with Gasteiger partial charge in [0.05, 0.1) is 12.8 Å². The summed E-state index contributed by atoms with van der Waals surface area (Å²) in [4.78, 5) is -0.647. The molecule has 2 rings (SSSR count). The van der Waals surface area contributed by atoms with Crippen molar-refractivity contribution in [3.8, 4) is 5.75 Å². The van der Waals surface area contributed by atoms with E-state index in [2.05, 4.69) is 20.7 Å². The molecule has 0 aliphatic rings. The molecule has 0 aromatic heterocycles. The predicted molar refractivity (Wildman–Crippen MR) is 77.9 cm³/mol. The van der Waals surface area contributed by atoms with E-state index in [0.29, 0.717) is 10.5 Å². The summed E-state index contributed by atoms with van der Waals surface area (Å²) in [7, 11) is -2.83. The molecule has 1 N–H and O–H groups in total. The number of anilines is 1. The molecule has 0 aliphatic heterocycles. The van der Waals surface area contributed by atoms with Crippen molar-refractivity contribution in [1.29, 1.82) is 0 Å². The average Bonchev–Trinajstić information content (AvgIpc) is 2.37. The third kappa shape index (κ3) is 3.51. The molecule has 0 amide bonds. The van der Waals surface area contributed by atoms with E-state index in [1.165, 1.54) is 13.2 Å². The first-order valence-corrected chi connectivity index (χ1v) is 7.92. The second-order valence-electron chi connectivity index (χ2n) is 4.02. The van der Waals surface area contributed by atoms with Crippen molar-refractivity contribution in [3.05, 3.63) is 52.5 Å². The topological polar surface area (TPSA) is 55.4 Å². The number of rotatable bonds is 4. The Morgan fingerprint density at radius 2 is 1.86 bits per heavy atom. The van der Waals surface area contributed by atoms with Gasteiger partial charge in [-0.1, -0.05) is 15.9 Å². The fourth-order valence-corrected chi connectivity index (χ4v) is 3.14. The van der Waals surface area contributed by atoms with Gasteiger partial charge in [0.25, 0.3) is 10.0 Å². The number of nitrogens with one attached hydrogen (secondary N) is 1. The second kappa shape index (κ2) is 5.98. The highest BCUT2D eigenvalue weighted by Gasteiger charge is 2.21. The van der Waals surface area contributed by atoms with Crippen LogP contribution in [0.4, 0.5) is 14.5 Å². The normalized spacial score (nSPS) is 11.2. The fraction of sp³-hybridized carbons (Fsp3) is 0.0769. The van der Waals surface area contributed by atoms with Gasteiger partial charge in [-0.15, -0.1) is 0 Å². The molecule has 8 heteroatoms. The van der Waals surface area contributed by atoms with Crippen molar-refractivity contribution < 1.29 is 21.9 Å². The summed E-state index contributed by atoms with van der Waals surface area (Å²) in [5.74, 6) is -1.76. The highest BCUT2D eigenvalue weighted by Crippen LogP contribution is 2.30. The van der Waals surface area contributed by atoms with Gasteiger partial charge in [-0.2, -0.15) is 0 Å². The first kappa shape index (κ1) is 15.7. The minimum absolute atomic E-state index is 0.135. The molecule has 0 atom stereocenters. The molecule has 2 aromatic rings. The van der Waals surface area contributed by atoms with Crippen molar-refractivity contribution in [3.63, 3.8) is 0 Å². The van der Waals surface area contributed by atoms with Gasteiger partial charge in [0.15, 0.2) is 0 Å². The van der Waals surface area contributed by atoms with Crippen LogP contribution in [0.5, 0.6) is 5.75 Å². The summed E-state index contributed by atoms with van der Waals surface area (Å²) in [6.45, 7) is 0. The summed E-state index contributed by atoms with van der Waals surface area (Å²) < 4.78 is 58.7. The van der Waals surface area contributed by atoms with Crippen LogP contribution in [0.15, 0.2) is 45.8 Å². The van der Waals surface area contributed by atoms with Gasteiger partial charge >= 0.3 is 0 Å². The van der Waals surface area contributed by atoms with E-state index >= 15 is 0 Å². The summed E-state index contributed by atoms with van der Waals surface area (Å²) in [5, 5.41) is 0. The zero-order valence-corrected chi connectivity index (χ0v) is 13.1. The van der Waals surface area contributed by atoms with E-state index in [1.54, 1.807) is 12.1 Å². The highest BCUT2D eigenvalue weighted by molar-refractivity contribution is 9.10. The van der Waals surface area contributed by atoms with E-state index in [1.807, 2.05) is 0 Å². The highest BCUT2D eigenvalue weighted by atomic mass is 79.9. The van der Waals surface area contributed by atoms with Gasteiger partial charge in [0.2, 0.25) is 0 Å². The average molecular weight is 378 g/mol. The molecular formula is C13H10BrF2NO3S. The van der Waals surface area contributed by atoms with Gasteiger partial charge in [-0.25, -0.2) is 17.2 Å². The first-order chi connectivity index (χ1) is 9.83. The number of halogens is 3. The fourth-order valence-electron chi connectivity index (χ4n) is 1.65. The third-order valence-corrected chi connectivity index (χ3v) is 4.48. The number of hydrogen-bond acceptors (Lipinski definition) is 3. The van der Waals surface area contributed by atoms with E-state index in [9.17, 15) is 17.2 Å². The standard InChI is InChI=1S/C13H10BrF2NO3S/c1-20-12-4-2-8(14)6-11(12)17-21(18,19)13-5-3-9(15)7-10(13)16/h2-7,17H,1H3. The van der Waals surface area contributed by atoms with Gasteiger partial charge in [0, 0.05) is 10.5 Å². The largest absolute Gasteiger partial charge is 0.495 e. The molecule has 2 aromatic carbocycles. The van der Waals surface area contributed by atoms with Gasteiger partial charge in [-0.3, -0.25) is 4.72 Å². The molecular weight excluding hydrogens is 368 g/mol. The zero-order valence-electron chi connectivity index (χ0n) is 10.7. The lowest BCUT2D eigenvalue weighted by atomic mass is 10.3. The van der Waals surface area contributed by atoms with Crippen molar-refractivity contribution >= 4 is 31.6 Å². The molecule has 0 radical (unpaired) electrons. The maximum atomic E-state index is 13.6. The molecule has 0 saturated carbocycles. The Balaban J connectivity index is 2.44. The lowest BCUT2D eigenvalue weighted by Gasteiger charge is -2.12. The van der Waals surface area contributed by atoms with Crippen LogP contribution in [0.25, 0.3) is 0 Å². The Labute approximate surface area is 128 Å². The number of benzene rings is 2. The number of sulfonamides is 1. The Kier molecular flexibility index (Phi) is 4.48. The molecule has 0 heterocycles. The molecule has 4 nitrogen and oxygen atoms in total. The van der Waals surface area contributed by atoms with Crippen LogP contribution >= 0.6 is 15.9 Å². The summed E-state index contributed by atoms with van der Waals surface area (Å²) >= 11 is 3.20. The number of ether oxygens (including phenoxy) is 1.